The second-order valence-corrected chi connectivity index (χ2v) is 9.84. The molecule has 2 amide bonds. The maximum Gasteiger partial charge on any atom is 0.408 e. The summed E-state index contributed by atoms with van der Waals surface area (Å²) in [6, 6.07) is 5.57. The second kappa shape index (κ2) is 10.7. The van der Waals surface area contributed by atoms with Crippen molar-refractivity contribution in [3.8, 4) is 11.8 Å². The average molecular weight is 459 g/mol. The first kappa shape index (κ1) is 26.2. The maximum atomic E-state index is 12.8. The van der Waals surface area contributed by atoms with E-state index in [2.05, 4.69) is 22.5 Å². The van der Waals surface area contributed by atoms with Crippen LogP contribution in [0.1, 0.15) is 63.4 Å². The van der Waals surface area contributed by atoms with E-state index in [1.807, 2.05) is 0 Å². The summed E-state index contributed by atoms with van der Waals surface area (Å²) in [6.45, 7) is 8.58. The quantitative estimate of drug-likeness (QED) is 0.446. The summed E-state index contributed by atoms with van der Waals surface area (Å²) >= 11 is 0. The van der Waals surface area contributed by atoms with Crippen molar-refractivity contribution in [2.75, 3.05) is 13.7 Å². The third-order valence-corrected chi connectivity index (χ3v) is 5.32. The van der Waals surface area contributed by atoms with Crippen molar-refractivity contribution in [2.24, 2.45) is 11.8 Å². The highest BCUT2D eigenvalue weighted by Gasteiger charge is 2.40. The first-order valence-corrected chi connectivity index (χ1v) is 11.0. The first-order valence-electron chi connectivity index (χ1n) is 11.0. The molecule has 33 heavy (non-hydrogen) atoms. The summed E-state index contributed by atoms with van der Waals surface area (Å²) in [4.78, 5) is 37.5. The molecule has 0 radical (unpaired) electrons. The molecular formula is C25H34N2O6. The van der Waals surface area contributed by atoms with Gasteiger partial charge in [-0.3, -0.25) is 4.79 Å². The van der Waals surface area contributed by atoms with Gasteiger partial charge in [-0.25, -0.2) is 9.59 Å². The van der Waals surface area contributed by atoms with E-state index in [9.17, 15) is 14.4 Å². The second-order valence-electron chi connectivity index (χ2n) is 9.84. The van der Waals surface area contributed by atoms with Crippen LogP contribution in [0.2, 0.25) is 0 Å². The zero-order chi connectivity index (χ0) is 24.8. The van der Waals surface area contributed by atoms with Crippen LogP contribution in [0, 0.1) is 23.7 Å². The molecule has 0 unspecified atom stereocenters. The van der Waals surface area contributed by atoms with Gasteiger partial charge in [0.15, 0.2) is 0 Å². The summed E-state index contributed by atoms with van der Waals surface area (Å²) in [5.74, 6) is 5.73. The molecule has 1 aromatic carbocycles. The standard InChI is InChI=1S/C25H34N2O6/c1-24(2,3)33-23(31)27-25(4,5)20(22(30)32-6)26-21(29)19-11-9-16(10-12-19)7-8-17-13-18(14-17)15-28/h9-12,17-18,20,28H,13-15H2,1-6H3,(H,26,29)(H,27,31)/t17-,18-,20-/m1/s1. The van der Waals surface area contributed by atoms with E-state index in [1.165, 1.54) is 7.11 Å². The van der Waals surface area contributed by atoms with Gasteiger partial charge in [0.2, 0.25) is 0 Å². The van der Waals surface area contributed by atoms with Crippen LogP contribution < -0.4 is 10.6 Å². The van der Waals surface area contributed by atoms with Gasteiger partial charge in [-0.2, -0.15) is 0 Å². The lowest BCUT2D eigenvalue weighted by Crippen LogP contribution is -2.62. The van der Waals surface area contributed by atoms with Gasteiger partial charge in [0.25, 0.3) is 5.91 Å². The Bertz CT molecular complexity index is 915. The van der Waals surface area contributed by atoms with Gasteiger partial charge in [-0.1, -0.05) is 11.8 Å². The summed E-state index contributed by atoms with van der Waals surface area (Å²) in [7, 11) is 1.21. The van der Waals surface area contributed by atoms with E-state index in [0.717, 1.165) is 18.4 Å². The fourth-order valence-corrected chi connectivity index (χ4v) is 3.40. The number of hydrogen-bond acceptors (Lipinski definition) is 6. The Balaban J connectivity index is 2.06. The lowest BCUT2D eigenvalue weighted by molar-refractivity contribution is -0.144. The molecule has 2 rings (SSSR count). The number of methoxy groups -OCH3 is 1. The number of benzene rings is 1. The van der Waals surface area contributed by atoms with Gasteiger partial charge < -0.3 is 25.2 Å². The number of alkyl carbamates (subject to hydrolysis) is 1. The van der Waals surface area contributed by atoms with Crippen LogP contribution in [0.5, 0.6) is 0 Å². The normalized spacial score (nSPS) is 18.6. The summed E-state index contributed by atoms with van der Waals surface area (Å²) < 4.78 is 10.1. The number of rotatable bonds is 6. The average Bonchev–Trinajstić information content (AvgIpc) is 2.68. The van der Waals surface area contributed by atoms with Gasteiger partial charge in [-0.15, -0.1) is 0 Å². The molecule has 0 heterocycles. The van der Waals surface area contributed by atoms with E-state index in [4.69, 9.17) is 14.6 Å². The van der Waals surface area contributed by atoms with E-state index < -0.39 is 35.2 Å². The maximum absolute atomic E-state index is 12.8. The molecular weight excluding hydrogens is 424 g/mol. The molecule has 180 valence electrons. The molecule has 1 saturated carbocycles. The van der Waals surface area contributed by atoms with Crippen LogP contribution >= 0.6 is 0 Å². The molecule has 3 N–H and O–H groups in total. The third-order valence-electron chi connectivity index (χ3n) is 5.32. The highest BCUT2D eigenvalue weighted by Crippen LogP contribution is 2.32. The van der Waals surface area contributed by atoms with Crippen LogP contribution in [0.4, 0.5) is 4.79 Å². The Hall–Kier alpha value is -3.05. The van der Waals surface area contributed by atoms with E-state index >= 15 is 0 Å². The molecule has 8 heteroatoms. The van der Waals surface area contributed by atoms with Crippen LogP contribution in [0.25, 0.3) is 0 Å². The molecule has 8 nitrogen and oxygen atoms in total. The Kier molecular flexibility index (Phi) is 8.51. The number of carbonyl (C=O) groups is 3. The number of amides is 2. The number of carbonyl (C=O) groups excluding carboxylic acids is 3. The van der Waals surface area contributed by atoms with Crippen LogP contribution in [-0.4, -0.2) is 54.0 Å². The monoisotopic (exact) mass is 458 g/mol. The highest BCUT2D eigenvalue weighted by atomic mass is 16.6. The minimum absolute atomic E-state index is 0.207. The van der Waals surface area contributed by atoms with Gasteiger partial charge in [0, 0.05) is 23.7 Å². The summed E-state index contributed by atoms with van der Waals surface area (Å²) in [5, 5.41) is 14.4. The summed E-state index contributed by atoms with van der Waals surface area (Å²) in [5.41, 5.74) is -0.790. The molecule has 1 atom stereocenters. The van der Waals surface area contributed by atoms with Crippen molar-refractivity contribution in [3.63, 3.8) is 0 Å². The smallest absolute Gasteiger partial charge is 0.408 e. The Labute approximate surface area is 195 Å². The number of aliphatic hydroxyl groups is 1. The van der Waals surface area contributed by atoms with Crippen LogP contribution in [0.15, 0.2) is 24.3 Å². The highest BCUT2D eigenvalue weighted by molar-refractivity contribution is 5.97. The number of hydrogen-bond donors (Lipinski definition) is 3. The van der Waals surface area contributed by atoms with E-state index in [1.54, 1.807) is 58.9 Å². The van der Waals surface area contributed by atoms with Crippen molar-refractivity contribution >= 4 is 18.0 Å². The van der Waals surface area contributed by atoms with Gasteiger partial charge in [0.05, 0.1) is 12.6 Å². The van der Waals surface area contributed by atoms with Crippen molar-refractivity contribution in [3.05, 3.63) is 35.4 Å². The molecule has 0 saturated heterocycles. The fraction of sp³-hybridized carbons (Fsp3) is 0.560. The number of aliphatic hydroxyl groups excluding tert-OH is 1. The third kappa shape index (κ3) is 7.79. The molecule has 1 fully saturated rings. The predicted molar refractivity (Wildman–Crippen MR) is 123 cm³/mol. The largest absolute Gasteiger partial charge is 0.467 e. The SMILES string of the molecule is COC(=O)[C@@H](NC(=O)c1ccc(C#C[C@H]2C[C@H](CO)C2)cc1)C(C)(C)NC(=O)OC(C)(C)C. The van der Waals surface area contributed by atoms with Crippen LogP contribution in [-0.2, 0) is 14.3 Å². The zero-order valence-corrected chi connectivity index (χ0v) is 20.2. The molecule has 0 bridgehead atoms. The lowest BCUT2D eigenvalue weighted by Gasteiger charge is -2.34. The first-order chi connectivity index (χ1) is 15.3. The predicted octanol–water partition coefficient (Wildman–Crippen LogP) is 2.63. The van der Waals surface area contributed by atoms with E-state index in [-0.39, 0.29) is 6.61 Å². The van der Waals surface area contributed by atoms with Crippen molar-refractivity contribution in [2.45, 2.75) is 64.6 Å². The van der Waals surface area contributed by atoms with E-state index in [0.29, 0.717) is 17.4 Å². The molecule has 1 aliphatic carbocycles. The van der Waals surface area contributed by atoms with Crippen LogP contribution in [0.3, 0.4) is 0 Å². The Morgan fingerprint density at radius 2 is 1.73 bits per heavy atom. The minimum Gasteiger partial charge on any atom is -0.467 e. The Morgan fingerprint density at radius 1 is 1.12 bits per heavy atom. The molecule has 0 aliphatic heterocycles. The van der Waals surface area contributed by atoms with Gasteiger partial charge in [0.1, 0.15) is 11.6 Å². The Morgan fingerprint density at radius 3 is 2.24 bits per heavy atom. The number of ether oxygens (including phenoxy) is 2. The lowest BCUT2D eigenvalue weighted by atomic mass is 9.76. The van der Waals surface area contributed by atoms with Crippen molar-refractivity contribution in [1.82, 2.24) is 10.6 Å². The zero-order valence-electron chi connectivity index (χ0n) is 20.2. The number of esters is 1. The van der Waals surface area contributed by atoms with Gasteiger partial charge in [-0.05, 0) is 77.6 Å². The number of nitrogens with one attached hydrogen (secondary N) is 2. The molecule has 1 aromatic rings. The topological polar surface area (TPSA) is 114 Å². The van der Waals surface area contributed by atoms with Crippen molar-refractivity contribution in [1.29, 1.82) is 0 Å². The minimum atomic E-state index is -1.19. The fourth-order valence-electron chi connectivity index (χ4n) is 3.40. The van der Waals surface area contributed by atoms with Gasteiger partial charge >= 0.3 is 12.1 Å². The van der Waals surface area contributed by atoms with Crippen molar-refractivity contribution < 1.29 is 29.0 Å². The summed E-state index contributed by atoms with van der Waals surface area (Å²) in [6.07, 6.45) is 1.10. The molecule has 0 aromatic heterocycles. The molecule has 1 aliphatic rings. The molecule has 0 spiro atoms.